The number of imidazole rings is 1. The SMILES string of the molecule is O/N=C(\C[C@H]1NCCC[C@@H]1O)Cn1cnc2cc(Cl)c(Cl)cc21. The molecule has 6 nitrogen and oxygen atoms in total. The van der Waals surface area contributed by atoms with E-state index in [2.05, 4.69) is 15.5 Å². The molecule has 124 valence electrons. The van der Waals surface area contributed by atoms with Gasteiger partial charge in [0, 0.05) is 12.5 Å². The van der Waals surface area contributed by atoms with Gasteiger partial charge in [0.25, 0.3) is 0 Å². The number of nitrogens with zero attached hydrogens (tertiary/aromatic N) is 3. The number of hydrogen-bond acceptors (Lipinski definition) is 5. The molecule has 1 fully saturated rings. The van der Waals surface area contributed by atoms with Gasteiger partial charge in [0.15, 0.2) is 0 Å². The molecule has 1 saturated heterocycles. The molecule has 0 bridgehead atoms. The van der Waals surface area contributed by atoms with Gasteiger partial charge in [-0.3, -0.25) is 0 Å². The number of aromatic nitrogens is 2. The Kier molecular flexibility index (Phi) is 5.06. The Labute approximate surface area is 143 Å². The van der Waals surface area contributed by atoms with E-state index in [1.54, 1.807) is 18.5 Å². The van der Waals surface area contributed by atoms with Crippen LogP contribution in [0.5, 0.6) is 0 Å². The summed E-state index contributed by atoms with van der Waals surface area (Å²) in [5.41, 5.74) is 2.11. The third-order valence-corrected chi connectivity index (χ3v) is 4.88. The van der Waals surface area contributed by atoms with Crippen molar-refractivity contribution in [2.45, 2.75) is 38.0 Å². The van der Waals surface area contributed by atoms with Crippen molar-refractivity contribution in [3.05, 3.63) is 28.5 Å². The van der Waals surface area contributed by atoms with Crippen molar-refractivity contribution < 1.29 is 10.3 Å². The molecule has 0 aliphatic carbocycles. The van der Waals surface area contributed by atoms with Gasteiger partial charge in [-0.05, 0) is 31.5 Å². The molecular formula is C15H18Cl2N4O2. The van der Waals surface area contributed by atoms with E-state index >= 15 is 0 Å². The maximum Gasteiger partial charge on any atom is 0.0961 e. The quantitative estimate of drug-likeness (QED) is 0.446. The zero-order valence-electron chi connectivity index (χ0n) is 12.4. The Morgan fingerprint density at radius 2 is 2.17 bits per heavy atom. The molecule has 1 aromatic carbocycles. The van der Waals surface area contributed by atoms with E-state index in [0.29, 0.717) is 28.7 Å². The summed E-state index contributed by atoms with van der Waals surface area (Å²) in [7, 11) is 0. The minimum atomic E-state index is -0.423. The third-order valence-electron chi connectivity index (χ3n) is 4.16. The summed E-state index contributed by atoms with van der Waals surface area (Å²) in [4.78, 5) is 4.29. The number of hydrogen-bond donors (Lipinski definition) is 3. The molecule has 2 heterocycles. The van der Waals surface area contributed by atoms with Crippen molar-refractivity contribution >= 4 is 39.9 Å². The molecule has 23 heavy (non-hydrogen) atoms. The number of piperidine rings is 1. The Balaban J connectivity index is 1.78. The van der Waals surface area contributed by atoms with Gasteiger partial charge in [-0.15, -0.1) is 0 Å². The van der Waals surface area contributed by atoms with E-state index in [0.717, 1.165) is 30.4 Å². The second-order valence-corrected chi connectivity index (χ2v) is 6.58. The smallest absolute Gasteiger partial charge is 0.0961 e. The molecule has 1 aliphatic heterocycles. The summed E-state index contributed by atoms with van der Waals surface area (Å²) in [6.45, 7) is 1.23. The van der Waals surface area contributed by atoms with Gasteiger partial charge < -0.3 is 20.2 Å². The summed E-state index contributed by atoms with van der Waals surface area (Å²) >= 11 is 12.1. The first kappa shape index (κ1) is 16.5. The first-order valence-corrected chi connectivity index (χ1v) is 8.25. The predicted octanol–water partition coefficient (Wildman–Crippen LogP) is 2.68. The Bertz CT molecular complexity index is 732. The van der Waals surface area contributed by atoms with E-state index in [1.165, 1.54) is 0 Å². The van der Waals surface area contributed by atoms with E-state index in [1.807, 2.05) is 4.57 Å². The van der Waals surface area contributed by atoms with Crippen LogP contribution < -0.4 is 5.32 Å². The predicted molar refractivity (Wildman–Crippen MR) is 90.6 cm³/mol. The Hall–Kier alpha value is -1.34. The molecule has 0 radical (unpaired) electrons. The standard InChI is InChI=1S/C15H18Cl2N4O2/c16-10-5-12-14(6-11(10)17)21(8-19-12)7-9(20-23)4-13-15(22)2-1-3-18-13/h5-6,8,13,15,18,22-23H,1-4,7H2/b20-9+/t13-,15+/m1/s1. The van der Waals surface area contributed by atoms with Crippen LogP contribution in [-0.2, 0) is 6.54 Å². The average molecular weight is 357 g/mol. The second kappa shape index (κ2) is 7.05. The van der Waals surface area contributed by atoms with Crippen LogP contribution in [0.25, 0.3) is 11.0 Å². The summed E-state index contributed by atoms with van der Waals surface area (Å²) in [5.74, 6) is 0. The minimum absolute atomic E-state index is 0.0949. The summed E-state index contributed by atoms with van der Waals surface area (Å²) in [6, 6.07) is 3.36. The summed E-state index contributed by atoms with van der Waals surface area (Å²) in [6.07, 6.45) is 3.42. The van der Waals surface area contributed by atoms with Crippen LogP contribution in [0.3, 0.4) is 0 Å². The van der Waals surface area contributed by atoms with Crippen LogP contribution >= 0.6 is 23.2 Å². The van der Waals surface area contributed by atoms with Crippen LogP contribution in [0.1, 0.15) is 19.3 Å². The molecule has 1 aromatic heterocycles. The van der Waals surface area contributed by atoms with Gasteiger partial charge in [0.05, 0.1) is 45.8 Å². The topological polar surface area (TPSA) is 82.7 Å². The highest BCUT2D eigenvalue weighted by Crippen LogP contribution is 2.27. The van der Waals surface area contributed by atoms with Crippen LogP contribution in [0, 0.1) is 0 Å². The average Bonchev–Trinajstić information content (AvgIpc) is 2.91. The van der Waals surface area contributed by atoms with Gasteiger partial charge >= 0.3 is 0 Å². The monoisotopic (exact) mass is 356 g/mol. The van der Waals surface area contributed by atoms with Crippen LogP contribution in [0.15, 0.2) is 23.6 Å². The number of aliphatic hydroxyl groups is 1. The molecule has 1 aliphatic rings. The lowest BCUT2D eigenvalue weighted by Crippen LogP contribution is -2.46. The molecule has 3 N–H and O–H groups in total. The van der Waals surface area contributed by atoms with Crippen molar-refractivity contribution in [2.24, 2.45) is 5.16 Å². The van der Waals surface area contributed by atoms with Crippen molar-refractivity contribution in [3.8, 4) is 0 Å². The highest BCUT2D eigenvalue weighted by molar-refractivity contribution is 6.42. The van der Waals surface area contributed by atoms with Gasteiger partial charge in [0.1, 0.15) is 0 Å². The number of halogens is 2. The van der Waals surface area contributed by atoms with Gasteiger partial charge in [-0.1, -0.05) is 28.4 Å². The van der Waals surface area contributed by atoms with E-state index < -0.39 is 6.10 Å². The zero-order chi connectivity index (χ0) is 16.4. The number of rotatable bonds is 4. The lowest BCUT2D eigenvalue weighted by molar-refractivity contribution is 0.0987. The first-order valence-electron chi connectivity index (χ1n) is 7.49. The second-order valence-electron chi connectivity index (χ2n) is 5.77. The molecule has 2 aromatic rings. The zero-order valence-corrected chi connectivity index (χ0v) is 13.9. The maximum absolute atomic E-state index is 10.0. The number of oxime groups is 1. The minimum Gasteiger partial charge on any atom is -0.411 e. The fraction of sp³-hybridized carbons (Fsp3) is 0.467. The van der Waals surface area contributed by atoms with Crippen molar-refractivity contribution in [1.82, 2.24) is 14.9 Å². The largest absolute Gasteiger partial charge is 0.411 e. The normalized spacial score (nSPS) is 22.7. The van der Waals surface area contributed by atoms with E-state index in [9.17, 15) is 10.3 Å². The van der Waals surface area contributed by atoms with E-state index in [-0.39, 0.29) is 6.04 Å². The lowest BCUT2D eigenvalue weighted by Gasteiger charge is -2.29. The molecular weight excluding hydrogens is 339 g/mol. The number of fused-ring (bicyclic) bond motifs is 1. The van der Waals surface area contributed by atoms with Crippen LogP contribution in [0.4, 0.5) is 0 Å². The van der Waals surface area contributed by atoms with Gasteiger partial charge in [0.2, 0.25) is 0 Å². The summed E-state index contributed by atoms with van der Waals surface area (Å²) < 4.78 is 1.85. The molecule has 0 amide bonds. The number of nitrogens with one attached hydrogen (secondary N) is 1. The van der Waals surface area contributed by atoms with E-state index in [4.69, 9.17) is 23.2 Å². The fourth-order valence-electron chi connectivity index (χ4n) is 2.91. The molecule has 8 heteroatoms. The molecule has 2 atom stereocenters. The van der Waals surface area contributed by atoms with Gasteiger partial charge in [-0.25, -0.2) is 4.98 Å². The molecule has 0 spiro atoms. The molecule has 3 rings (SSSR count). The highest BCUT2D eigenvalue weighted by atomic mass is 35.5. The summed E-state index contributed by atoms with van der Waals surface area (Å²) in [5, 5.41) is 26.9. The molecule has 0 unspecified atom stereocenters. The molecule has 0 saturated carbocycles. The van der Waals surface area contributed by atoms with Crippen molar-refractivity contribution in [3.63, 3.8) is 0 Å². The number of aliphatic hydroxyl groups excluding tert-OH is 1. The number of benzene rings is 1. The third kappa shape index (κ3) is 3.61. The first-order chi connectivity index (χ1) is 11.1. The maximum atomic E-state index is 10.0. The highest BCUT2D eigenvalue weighted by Gasteiger charge is 2.24. The fourth-order valence-corrected chi connectivity index (χ4v) is 3.23. The van der Waals surface area contributed by atoms with Crippen LogP contribution in [0.2, 0.25) is 10.0 Å². The van der Waals surface area contributed by atoms with Gasteiger partial charge in [-0.2, -0.15) is 0 Å². The lowest BCUT2D eigenvalue weighted by atomic mass is 9.96. The van der Waals surface area contributed by atoms with Crippen molar-refractivity contribution in [1.29, 1.82) is 0 Å². The van der Waals surface area contributed by atoms with Crippen molar-refractivity contribution in [2.75, 3.05) is 6.54 Å². The van der Waals surface area contributed by atoms with Crippen LogP contribution in [-0.4, -0.2) is 44.3 Å². The Morgan fingerprint density at radius 1 is 1.39 bits per heavy atom. The Morgan fingerprint density at radius 3 is 2.91 bits per heavy atom.